The number of aliphatic hydroxyl groups excluding tert-OH is 2. The second-order valence-electron chi connectivity index (χ2n) is 8.43. The predicted molar refractivity (Wildman–Crippen MR) is 114 cm³/mol. The first-order chi connectivity index (χ1) is 14.3. The van der Waals surface area contributed by atoms with E-state index >= 15 is 0 Å². The Morgan fingerprint density at radius 2 is 1.90 bits per heavy atom. The van der Waals surface area contributed by atoms with Gasteiger partial charge < -0.3 is 15.3 Å². The van der Waals surface area contributed by atoms with Crippen LogP contribution in [0.25, 0.3) is 10.1 Å². The van der Waals surface area contributed by atoms with E-state index in [0.717, 1.165) is 15.0 Å². The summed E-state index contributed by atoms with van der Waals surface area (Å²) in [5.41, 5.74) is 0. The molecule has 2 aromatic rings. The molecule has 7 heteroatoms. The number of fused-ring (bicyclic) bond motifs is 1. The fraction of sp³-hybridized carbons (Fsp3) is 0.609. The van der Waals surface area contributed by atoms with Gasteiger partial charge in [-0.25, -0.2) is 8.78 Å². The molecule has 4 nitrogen and oxygen atoms in total. The van der Waals surface area contributed by atoms with Crippen LogP contribution < -0.4 is 0 Å². The topological polar surface area (TPSA) is 77.8 Å². The summed E-state index contributed by atoms with van der Waals surface area (Å²) >= 11 is 1.51. The molecule has 0 spiro atoms. The average molecular weight is 441 g/mol. The number of unbranched alkanes of at least 4 members (excludes halogenated alkanes) is 3. The van der Waals surface area contributed by atoms with E-state index in [2.05, 4.69) is 0 Å². The van der Waals surface area contributed by atoms with Crippen molar-refractivity contribution in [2.75, 3.05) is 0 Å². The SMILES string of the molecule is O=C(O)CCCCCC[C@@H]1[C@@H](CCC(O)c2cc3ccccc3s2)[C@H](O)CC1(F)F. The molecule has 1 aliphatic carbocycles. The Bertz CT molecular complexity index is 804. The van der Waals surface area contributed by atoms with Crippen LogP contribution in [-0.4, -0.2) is 33.3 Å². The Kier molecular flexibility index (Phi) is 7.82. The number of carboxylic acids is 1. The third-order valence-electron chi connectivity index (χ3n) is 6.24. The lowest BCUT2D eigenvalue weighted by Gasteiger charge is -2.25. The molecular formula is C23H30F2O4S. The van der Waals surface area contributed by atoms with Gasteiger partial charge in [-0.3, -0.25) is 4.79 Å². The molecule has 3 N–H and O–H groups in total. The van der Waals surface area contributed by atoms with Crippen molar-refractivity contribution in [3.63, 3.8) is 0 Å². The fourth-order valence-corrected chi connectivity index (χ4v) is 5.72. The van der Waals surface area contributed by atoms with E-state index in [1.165, 1.54) is 11.3 Å². The van der Waals surface area contributed by atoms with Crippen LogP contribution in [0.1, 0.15) is 68.8 Å². The quantitative estimate of drug-likeness (QED) is 0.388. The molecule has 3 rings (SSSR count). The summed E-state index contributed by atoms with van der Waals surface area (Å²) in [6.07, 6.45) is 1.43. The Labute approximate surface area is 179 Å². The molecule has 1 aliphatic rings. The van der Waals surface area contributed by atoms with Crippen molar-refractivity contribution in [2.45, 2.75) is 75.9 Å². The predicted octanol–water partition coefficient (Wildman–Crippen LogP) is 5.77. The number of thiophene rings is 1. The first-order valence-corrected chi connectivity index (χ1v) is 11.5. The molecule has 0 radical (unpaired) electrons. The number of aliphatic carboxylic acids is 1. The standard InChI is InChI=1S/C23H30F2O4S/c24-23(25)14-19(27)16(17(23)8-3-1-2-4-10-22(28)29)11-12-18(26)21-13-15-7-5-6-9-20(15)30-21/h5-7,9,13,16-19,26-27H,1-4,8,10-12,14H2,(H,28,29)/t16-,17-,18?,19-/m1/s1. The van der Waals surface area contributed by atoms with Crippen molar-refractivity contribution in [3.8, 4) is 0 Å². The van der Waals surface area contributed by atoms with Crippen molar-refractivity contribution in [1.29, 1.82) is 0 Å². The Morgan fingerprint density at radius 3 is 2.63 bits per heavy atom. The highest BCUT2D eigenvalue weighted by Crippen LogP contribution is 2.49. The van der Waals surface area contributed by atoms with Crippen LogP contribution in [0.5, 0.6) is 0 Å². The van der Waals surface area contributed by atoms with Gasteiger partial charge in [-0.15, -0.1) is 11.3 Å². The molecule has 0 aliphatic heterocycles. The first kappa shape index (κ1) is 23.1. The van der Waals surface area contributed by atoms with Crippen LogP contribution in [-0.2, 0) is 4.79 Å². The molecule has 166 valence electrons. The van der Waals surface area contributed by atoms with Gasteiger partial charge >= 0.3 is 5.97 Å². The fourth-order valence-electron chi connectivity index (χ4n) is 4.64. The maximum absolute atomic E-state index is 14.5. The summed E-state index contributed by atoms with van der Waals surface area (Å²) < 4.78 is 30.0. The maximum Gasteiger partial charge on any atom is 0.303 e. The van der Waals surface area contributed by atoms with Crippen LogP contribution in [0.3, 0.4) is 0 Å². The van der Waals surface area contributed by atoms with E-state index in [1.54, 1.807) is 0 Å². The molecular weight excluding hydrogens is 410 g/mol. The van der Waals surface area contributed by atoms with Crippen molar-refractivity contribution >= 4 is 27.4 Å². The summed E-state index contributed by atoms with van der Waals surface area (Å²) in [5, 5.41) is 30.6. The monoisotopic (exact) mass is 440 g/mol. The second-order valence-corrected chi connectivity index (χ2v) is 9.54. The van der Waals surface area contributed by atoms with Crippen LogP contribution in [0.4, 0.5) is 8.78 Å². The zero-order chi connectivity index (χ0) is 21.7. The minimum absolute atomic E-state index is 0.108. The van der Waals surface area contributed by atoms with Crippen molar-refractivity contribution in [1.82, 2.24) is 0 Å². The number of hydrogen-bond donors (Lipinski definition) is 3. The van der Waals surface area contributed by atoms with Crippen LogP contribution in [0.2, 0.25) is 0 Å². The van der Waals surface area contributed by atoms with E-state index in [0.29, 0.717) is 44.9 Å². The smallest absolute Gasteiger partial charge is 0.303 e. The highest BCUT2D eigenvalue weighted by Gasteiger charge is 2.53. The third-order valence-corrected chi connectivity index (χ3v) is 7.45. The molecule has 1 fully saturated rings. The molecule has 1 aromatic carbocycles. The number of carbonyl (C=O) groups is 1. The number of benzene rings is 1. The molecule has 1 aromatic heterocycles. The number of hydrogen-bond acceptors (Lipinski definition) is 4. The molecule has 1 saturated carbocycles. The van der Waals surface area contributed by atoms with Gasteiger partial charge in [0.25, 0.3) is 5.92 Å². The molecule has 4 atom stereocenters. The number of halogens is 2. The van der Waals surface area contributed by atoms with Gasteiger partial charge in [0.15, 0.2) is 0 Å². The van der Waals surface area contributed by atoms with Crippen LogP contribution >= 0.6 is 11.3 Å². The molecule has 1 heterocycles. The number of aliphatic hydroxyl groups is 2. The molecule has 0 amide bonds. The minimum Gasteiger partial charge on any atom is -0.481 e. The normalized spacial score (nSPS) is 24.3. The maximum atomic E-state index is 14.5. The second kappa shape index (κ2) is 10.2. The lowest BCUT2D eigenvalue weighted by molar-refractivity contribution is -0.137. The van der Waals surface area contributed by atoms with E-state index < -0.39 is 42.4 Å². The molecule has 30 heavy (non-hydrogen) atoms. The van der Waals surface area contributed by atoms with E-state index in [-0.39, 0.29) is 6.42 Å². The highest BCUT2D eigenvalue weighted by molar-refractivity contribution is 7.19. The third kappa shape index (κ3) is 5.77. The highest BCUT2D eigenvalue weighted by atomic mass is 32.1. The minimum atomic E-state index is -2.90. The van der Waals surface area contributed by atoms with Gasteiger partial charge in [-0.05, 0) is 49.1 Å². The van der Waals surface area contributed by atoms with Gasteiger partial charge in [0.1, 0.15) is 0 Å². The van der Waals surface area contributed by atoms with Gasteiger partial charge in [0, 0.05) is 28.3 Å². The lowest BCUT2D eigenvalue weighted by Crippen LogP contribution is -2.27. The summed E-state index contributed by atoms with van der Waals surface area (Å²) in [5.74, 6) is -5.14. The zero-order valence-electron chi connectivity index (χ0n) is 17.0. The van der Waals surface area contributed by atoms with E-state index in [1.807, 2.05) is 30.3 Å². The van der Waals surface area contributed by atoms with Gasteiger partial charge in [-0.1, -0.05) is 37.5 Å². The Balaban J connectivity index is 1.53. The summed E-state index contributed by atoms with van der Waals surface area (Å²) in [6.45, 7) is 0. The van der Waals surface area contributed by atoms with Crippen molar-refractivity contribution in [3.05, 3.63) is 35.2 Å². The summed E-state index contributed by atoms with van der Waals surface area (Å²) in [4.78, 5) is 11.4. The lowest BCUT2D eigenvalue weighted by atomic mass is 9.84. The Hall–Kier alpha value is -1.57. The van der Waals surface area contributed by atoms with Crippen molar-refractivity contribution < 1.29 is 28.9 Å². The van der Waals surface area contributed by atoms with Crippen LogP contribution in [0, 0.1) is 11.8 Å². The molecule has 0 bridgehead atoms. The van der Waals surface area contributed by atoms with E-state index in [4.69, 9.17) is 5.11 Å². The summed E-state index contributed by atoms with van der Waals surface area (Å²) in [7, 11) is 0. The Morgan fingerprint density at radius 1 is 1.17 bits per heavy atom. The number of carboxylic acid groups (broad SMARTS) is 1. The molecule has 0 saturated heterocycles. The largest absolute Gasteiger partial charge is 0.481 e. The van der Waals surface area contributed by atoms with E-state index in [9.17, 15) is 23.8 Å². The molecule has 1 unspecified atom stereocenters. The average Bonchev–Trinajstić information content (AvgIpc) is 3.20. The first-order valence-electron chi connectivity index (χ1n) is 10.7. The van der Waals surface area contributed by atoms with Crippen molar-refractivity contribution in [2.24, 2.45) is 11.8 Å². The zero-order valence-corrected chi connectivity index (χ0v) is 17.8. The summed E-state index contributed by atoms with van der Waals surface area (Å²) in [6, 6.07) is 9.80. The van der Waals surface area contributed by atoms with Crippen LogP contribution in [0.15, 0.2) is 30.3 Å². The van der Waals surface area contributed by atoms with Gasteiger partial charge in [0.2, 0.25) is 0 Å². The number of rotatable bonds is 11. The number of alkyl halides is 2. The van der Waals surface area contributed by atoms with Gasteiger partial charge in [0.05, 0.1) is 12.2 Å². The van der Waals surface area contributed by atoms with Gasteiger partial charge in [-0.2, -0.15) is 0 Å².